The van der Waals surface area contributed by atoms with Crippen LogP contribution in [-0.2, 0) is 0 Å². The maximum absolute atomic E-state index is 5.57. The third-order valence-corrected chi connectivity index (χ3v) is 12.6. The van der Waals surface area contributed by atoms with E-state index in [1.54, 1.807) is 11.3 Å². The summed E-state index contributed by atoms with van der Waals surface area (Å²) in [6, 6.07) is 57.3. The van der Waals surface area contributed by atoms with Gasteiger partial charge in [-0.05, 0) is 57.9 Å². The fourth-order valence-electron chi connectivity index (χ4n) is 9.21. The zero-order valence-corrected chi connectivity index (χ0v) is 29.0. The first-order valence-electron chi connectivity index (χ1n) is 18.0. The van der Waals surface area contributed by atoms with Crippen molar-refractivity contribution in [2.75, 3.05) is 0 Å². The van der Waals surface area contributed by atoms with Crippen LogP contribution in [0, 0.1) is 0 Å². The van der Waals surface area contributed by atoms with Gasteiger partial charge in [-0.25, -0.2) is 9.97 Å². The van der Waals surface area contributed by atoms with Gasteiger partial charge < -0.3 is 4.40 Å². The third kappa shape index (κ3) is 3.54. The second-order valence-electron chi connectivity index (χ2n) is 14.1. The highest BCUT2D eigenvalue weighted by atomic mass is 32.1. The molecule has 0 unspecified atom stereocenters. The fourth-order valence-corrected chi connectivity index (χ4v) is 10.4. The van der Waals surface area contributed by atoms with Crippen molar-refractivity contribution in [3.63, 3.8) is 0 Å². The van der Waals surface area contributed by atoms with E-state index >= 15 is 0 Å². The van der Waals surface area contributed by atoms with E-state index in [-0.39, 0.29) is 0 Å². The van der Waals surface area contributed by atoms with Crippen molar-refractivity contribution in [3.05, 3.63) is 158 Å². The predicted octanol–water partition coefficient (Wildman–Crippen LogP) is 13.1. The molecule has 0 aliphatic carbocycles. The van der Waals surface area contributed by atoms with E-state index in [1.807, 2.05) is 0 Å². The minimum atomic E-state index is 0.682. The molecule has 13 aromatic rings. The standard InChI is InChI=1S/C48H26N4S/c1-2-13-29-25-30(22-21-27(29)11-1)44-47-45(34-17-7-10-20-40(34)53-47)50-48(49-44)52-37-19-9-5-15-32(37)42-39(52)26-35-41-31-14-4-3-12-28(31)23-24-38(41)51-36-18-8-6-16-33(36)43(42)46(35)51/h1-26H. The summed E-state index contributed by atoms with van der Waals surface area (Å²) in [5, 5.41) is 13.6. The molecule has 0 aliphatic heterocycles. The fraction of sp³-hybridized carbons (Fsp3) is 0. The van der Waals surface area contributed by atoms with Gasteiger partial charge in [-0.15, -0.1) is 11.3 Å². The Morgan fingerprint density at radius 3 is 1.98 bits per heavy atom. The molecular weight excluding hydrogens is 665 g/mol. The van der Waals surface area contributed by atoms with Crippen LogP contribution in [0.3, 0.4) is 0 Å². The molecule has 0 amide bonds. The van der Waals surface area contributed by atoms with Gasteiger partial charge in [0.1, 0.15) is 0 Å². The molecule has 53 heavy (non-hydrogen) atoms. The minimum absolute atomic E-state index is 0.682. The highest BCUT2D eigenvalue weighted by Crippen LogP contribution is 2.48. The molecule has 8 aromatic carbocycles. The van der Waals surface area contributed by atoms with E-state index in [1.165, 1.54) is 75.1 Å². The summed E-state index contributed by atoms with van der Waals surface area (Å²) in [5.74, 6) is 0.682. The van der Waals surface area contributed by atoms with Crippen LogP contribution in [0.1, 0.15) is 0 Å². The van der Waals surface area contributed by atoms with Gasteiger partial charge >= 0.3 is 0 Å². The second kappa shape index (κ2) is 9.94. The van der Waals surface area contributed by atoms with Gasteiger partial charge in [-0.1, -0.05) is 121 Å². The molecule has 0 saturated carbocycles. The normalized spacial score (nSPS) is 12.5. The molecule has 5 aromatic heterocycles. The number of benzene rings is 8. The number of aromatic nitrogens is 4. The highest BCUT2D eigenvalue weighted by molar-refractivity contribution is 7.26. The Balaban J connectivity index is 1.24. The molecule has 0 radical (unpaired) electrons. The van der Waals surface area contributed by atoms with Gasteiger partial charge in [0.25, 0.3) is 0 Å². The first kappa shape index (κ1) is 27.8. The molecule has 13 rings (SSSR count). The van der Waals surface area contributed by atoms with Gasteiger partial charge in [0.05, 0.1) is 43.5 Å². The topological polar surface area (TPSA) is 35.1 Å². The average Bonchev–Trinajstić information content (AvgIpc) is 3.95. The van der Waals surface area contributed by atoms with Crippen LogP contribution in [0.5, 0.6) is 0 Å². The van der Waals surface area contributed by atoms with E-state index in [9.17, 15) is 0 Å². The van der Waals surface area contributed by atoms with E-state index in [4.69, 9.17) is 9.97 Å². The third-order valence-electron chi connectivity index (χ3n) is 11.4. The Morgan fingerprint density at radius 1 is 0.434 bits per heavy atom. The van der Waals surface area contributed by atoms with E-state index in [0.29, 0.717) is 5.95 Å². The van der Waals surface area contributed by atoms with Crippen LogP contribution in [0.25, 0.3) is 119 Å². The summed E-state index contributed by atoms with van der Waals surface area (Å²) < 4.78 is 7.14. The van der Waals surface area contributed by atoms with Gasteiger partial charge in [-0.2, -0.15) is 0 Å². The molecule has 0 atom stereocenters. The van der Waals surface area contributed by atoms with Crippen LogP contribution >= 0.6 is 11.3 Å². The van der Waals surface area contributed by atoms with Gasteiger partial charge in [0.15, 0.2) is 0 Å². The number of hydrogen-bond acceptors (Lipinski definition) is 3. The molecular formula is C48H26N4S. The molecule has 0 saturated heterocycles. The zero-order chi connectivity index (χ0) is 34.4. The molecule has 0 spiro atoms. The molecule has 244 valence electrons. The number of fused-ring (bicyclic) bond motifs is 16. The SMILES string of the molecule is c1ccc2cc(-c3nc(-n4c5ccccc5c5c6c7ccccc7n7c8ccc9ccccc9c8c(cc54)c67)nc4c3sc3ccccc34)ccc2c1. The van der Waals surface area contributed by atoms with Crippen molar-refractivity contribution < 1.29 is 0 Å². The maximum Gasteiger partial charge on any atom is 0.235 e. The smallest absolute Gasteiger partial charge is 0.235 e. The lowest BCUT2D eigenvalue weighted by Crippen LogP contribution is -2.02. The van der Waals surface area contributed by atoms with Gasteiger partial charge in [0, 0.05) is 48.0 Å². The van der Waals surface area contributed by atoms with Crippen molar-refractivity contribution in [1.29, 1.82) is 0 Å². The molecule has 4 nitrogen and oxygen atoms in total. The molecule has 0 aliphatic rings. The van der Waals surface area contributed by atoms with Crippen molar-refractivity contribution in [3.8, 4) is 17.2 Å². The lowest BCUT2D eigenvalue weighted by atomic mass is 9.99. The van der Waals surface area contributed by atoms with Crippen LogP contribution in [0.15, 0.2) is 158 Å². The van der Waals surface area contributed by atoms with E-state index in [0.717, 1.165) is 37.9 Å². The summed E-state index contributed by atoms with van der Waals surface area (Å²) >= 11 is 1.78. The van der Waals surface area contributed by atoms with E-state index in [2.05, 4.69) is 167 Å². The van der Waals surface area contributed by atoms with Crippen molar-refractivity contribution in [2.24, 2.45) is 0 Å². The Morgan fingerprint density at radius 2 is 1.11 bits per heavy atom. The second-order valence-corrected chi connectivity index (χ2v) is 15.2. The Bertz CT molecular complexity index is 3700. The summed E-state index contributed by atoms with van der Waals surface area (Å²) in [7, 11) is 0. The Kier molecular flexibility index (Phi) is 5.22. The largest absolute Gasteiger partial charge is 0.308 e. The quantitative estimate of drug-likeness (QED) is 0.181. The Hall–Kier alpha value is -6.82. The van der Waals surface area contributed by atoms with Crippen molar-refractivity contribution in [2.45, 2.75) is 0 Å². The number of hydrogen-bond donors (Lipinski definition) is 0. The van der Waals surface area contributed by atoms with Crippen molar-refractivity contribution >= 4 is 113 Å². The van der Waals surface area contributed by atoms with Crippen LogP contribution < -0.4 is 0 Å². The lowest BCUT2D eigenvalue weighted by Gasteiger charge is -2.11. The number of para-hydroxylation sites is 2. The molecule has 0 N–H and O–H groups in total. The van der Waals surface area contributed by atoms with Gasteiger partial charge in [0.2, 0.25) is 5.95 Å². The van der Waals surface area contributed by atoms with E-state index < -0.39 is 0 Å². The predicted molar refractivity (Wildman–Crippen MR) is 224 cm³/mol. The highest BCUT2D eigenvalue weighted by Gasteiger charge is 2.26. The molecule has 0 fully saturated rings. The van der Waals surface area contributed by atoms with Crippen molar-refractivity contribution in [1.82, 2.24) is 18.9 Å². The number of thiophene rings is 1. The Labute approximate surface area is 305 Å². The summed E-state index contributed by atoms with van der Waals surface area (Å²) in [6.07, 6.45) is 0. The summed E-state index contributed by atoms with van der Waals surface area (Å²) in [6.45, 7) is 0. The molecule has 0 bridgehead atoms. The summed E-state index contributed by atoms with van der Waals surface area (Å²) in [5.41, 5.74) is 8.97. The minimum Gasteiger partial charge on any atom is -0.308 e. The summed E-state index contributed by atoms with van der Waals surface area (Å²) in [4.78, 5) is 11.1. The molecule has 5 heteroatoms. The van der Waals surface area contributed by atoms with Gasteiger partial charge in [-0.3, -0.25) is 4.57 Å². The number of rotatable bonds is 2. The first-order chi connectivity index (χ1) is 26.3. The van der Waals surface area contributed by atoms with Crippen LogP contribution in [0.2, 0.25) is 0 Å². The number of nitrogens with zero attached hydrogens (tertiary/aromatic N) is 4. The van der Waals surface area contributed by atoms with Crippen LogP contribution in [0.4, 0.5) is 0 Å². The van der Waals surface area contributed by atoms with Crippen LogP contribution in [-0.4, -0.2) is 18.9 Å². The molecule has 5 heterocycles. The lowest BCUT2D eigenvalue weighted by molar-refractivity contribution is 1.02. The maximum atomic E-state index is 5.57. The average molecular weight is 691 g/mol. The zero-order valence-electron chi connectivity index (χ0n) is 28.2. The monoisotopic (exact) mass is 690 g/mol. The first-order valence-corrected chi connectivity index (χ1v) is 18.8.